The molecule has 0 aromatic heterocycles. The molecule has 20 heavy (non-hydrogen) atoms. The molecule has 1 aromatic rings. The summed E-state index contributed by atoms with van der Waals surface area (Å²) >= 11 is 0. The second-order valence-electron chi connectivity index (χ2n) is 4.63. The molecule has 1 atom stereocenters. The maximum Gasteiger partial charge on any atom is 0.341 e. The molecule has 1 aliphatic heterocycles. The number of morpholine rings is 1. The summed E-state index contributed by atoms with van der Waals surface area (Å²) in [5, 5.41) is 8.58. The Bertz CT molecular complexity index is 502. The van der Waals surface area contributed by atoms with E-state index in [1.54, 1.807) is 29.2 Å². The highest BCUT2D eigenvalue weighted by atomic mass is 16.5. The van der Waals surface area contributed by atoms with Crippen molar-refractivity contribution in [1.29, 1.82) is 0 Å². The third-order valence-electron chi connectivity index (χ3n) is 3.07. The van der Waals surface area contributed by atoms with E-state index in [0.29, 0.717) is 31.1 Å². The summed E-state index contributed by atoms with van der Waals surface area (Å²) in [5.41, 5.74) is 0.488. The molecule has 1 heterocycles. The maximum atomic E-state index is 12.4. The Morgan fingerprint density at radius 3 is 3.00 bits per heavy atom. The van der Waals surface area contributed by atoms with E-state index >= 15 is 0 Å². The van der Waals surface area contributed by atoms with Crippen molar-refractivity contribution in [1.82, 2.24) is 4.90 Å². The minimum Gasteiger partial charge on any atom is -0.482 e. The van der Waals surface area contributed by atoms with Crippen LogP contribution < -0.4 is 4.74 Å². The monoisotopic (exact) mass is 279 g/mol. The lowest BCUT2D eigenvalue weighted by molar-refractivity contribution is -0.139. The van der Waals surface area contributed by atoms with Gasteiger partial charge in [0.15, 0.2) is 6.61 Å². The van der Waals surface area contributed by atoms with Gasteiger partial charge in [-0.15, -0.1) is 0 Å². The number of ether oxygens (including phenoxy) is 2. The number of carbonyl (C=O) groups is 2. The Balaban J connectivity index is 2.09. The van der Waals surface area contributed by atoms with E-state index in [4.69, 9.17) is 14.6 Å². The van der Waals surface area contributed by atoms with Gasteiger partial charge in [-0.05, 0) is 25.1 Å². The van der Waals surface area contributed by atoms with Gasteiger partial charge in [0.2, 0.25) is 0 Å². The lowest BCUT2D eigenvalue weighted by atomic mass is 10.1. The minimum atomic E-state index is -1.05. The number of rotatable bonds is 4. The molecule has 0 radical (unpaired) electrons. The zero-order chi connectivity index (χ0) is 14.5. The standard InChI is InChI=1S/C14H17NO5/c1-10-8-19-6-5-15(10)14(18)11-3-2-4-12(7-11)20-9-13(16)17/h2-4,7,10H,5-6,8-9H2,1H3,(H,16,17). The van der Waals surface area contributed by atoms with Gasteiger partial charge in [0.25, 0.3) is 5.91 Å². The van der Waals surface area contributed by atoms with Gasteiger partial charge >= 0.3 is 5.97 Å². The number of hydrogen-bond donors (Lipinski definition) is 1. The van der Waals surface area contributed by atoms with Crippen molar-refractivity contribution >= 4 is 11.9 Å². The van der Waals surface area contributed by atoms with Gasteiger partial charge in [0, 0.05) is 12.1 Å². The van der Waals surface area contributed by atoms with Crippen LogP contribution in [-0.4, -0.2) is 54.3 Å². The van der Waals surface area contributed by atoms with Crippen LogP contribution in [-0.2, 0) is 9.53 Å². The Labute approximate surface area is 116 Å². The molecule has 1 N–H and O–H groups in total. The number of aliphatic carboxylic acids is 1. The molecule has 0 saturated carbocycles. The van der Waals surface area contributed by atoms with E-state index in [0.717, 1.165) is 0 Å². The molecule has 2 rings (SSSR count). The number of carboxylic acid groups (broad SMARTS) is 1. The fourth-order valence-corrected chi connectivity index (χ4v) is 2.06. The van der Waals surface area contributed by atoms with Crippen molar-refractivity contribution in [3.05, 3.63) is 29.8 Å². The van der Waals surface area contributed by atoms with Gasteiger partial charge in [-0.1, -0.05) is 6.07 Å². The molecule has 1 aromatic carbocycles. The van der Waals surface area contributed by atoms with Crippen molar-refractivity contribution in [2.45, 2.75) is 13.0 Å². The average molecular weight is 279 g/mol. The van der Waals surface area contributed by atoms with E-state index in [-0.39, 0.29) is 11.9 Å². The van der Waals surface area contributed by atoms with Gasteiger partial charge in [-0.3, -0.25) is 4.79 Å². The van der Waals surface area contributed by atoms with Crippen molar-refractivity contribution < 1.29 is 24.2 Å². The second kappa shape index (κ2) is 6.38. The number of benzene rings is 1. The predicted octanol–water partition coefficient (Wildman–Crippen LogP) is 1.01. The number of carbonyl (C=O) groups excluding carboxylic acids is 1. The average Bonchev–Trinajstić information content (AvgIpc) is 2.45. The highest BCUT2D eigenvalue weighted by Crippen LogP contribution is 2.17. The Kier molecular flexibility index (Phi) is 4.57. The molecule has 1 amide bonds. The number of hydrogen-bond acceptors (Lipinski definition) is 4. The van der Waals surface area contributed by atoms with Crippen LogP contribution in [0.25, 0.3) is 0 Å². The van der Waals surface area contributed by atoms with E-state index in [2.05, 4.69) is 0 Å². The van der Waals surface area contributed by atoms with Crippen molar-refractivity contribution in [3.63, 3.8) is 0 Å². The Morgan fingerprint density at radius 2 is 2.30 bits per heavy atom. The smallest absolute Gasteiger partial charge is 0.341 e. The summed E-state index contributed by atoms with van der Waals surface area (Å²) in [7, 11) is 0. The molecule has 108 valence electrons. The fourth-order valence-electron chi connectivity index (χ4n) is 2.06. The van der Waals surface area contributed by atoms with E-state index in [9.17, 15) is 9.59 Å². The molecule has 0 bridgehead atoms. The van der Waals surface area contributed by atoms with Crippen molar-refractivity contribution in [2.75, 3.05) is 26.4 Å². The van der Waals surface area contributed by atoms with E-state index in [1.807, 2.05) is 6.92 Å². The van der Waals surface area contributed by atoms with Gasteiger partial charge in [-0.25, -0.2) is 4.79 Å². The first-order chi connectivity index (χ1) is 9.58. The fraction of sp³-hybridized carbons (Fsp3) is 0.429. The lowest BCUT2D eigenvalue weighted by Gasteiger charge is -2.33. The van der Waals surface area contributed by atoms with Crippen LogP contribution in [0.2, 0.25) is 0 Å². The van der Waals surface area contributed by atoms with Crippen molar-refractivity contribution in [3.8, 4) is 5.75 Å². The van der Waals surface area contributed by atoms with Crippen LogP contribution in [0.15, 0.2) is 24.3 Å². The SMILES string of the molecule is CC1COCCN1C(=O)c1cccc(OCC(=O)O)c1. The molecule has 0 spiro atoms. The lowest BCUT2D eigenvalue weighted by Crippen LogP contribution is -2.47. The van der Waals surface area contributed by atoms with E-state index in [1.165, 1.54) is 0 Å². The molecule has 1 fully saturated rings. The van der Waals surface area contributed by atoms with Crippen molar-refractivity contribution in [2.24, 2.45) is 0 Å². The quantitative estimate of drug-likeness (QED) is 0.890. The first-order valence-corrected chi connectivity index (χ1v) is 6.41. The van der Waals surface area contributed by atoms with Crippen LogP contribution in [0.3, 0.4) is 0 Å². The zero-order valence-electron chi connectivity index (χ0n) is 11.2. The second-order valence-corrected chi connectivity index (χ2v) is 4.63. The van der Waals surface area contributed by atoms with Gasteiger partial charge in [0.05, 0.1) is 19.3 Å². The topological polar surface area (TPSA) is 76.1 Å². The molecule has 6 heteroatoms. The summed E-state index contributed by atoms with van der Waals surface area (Å²) < 4.78 is 10.4. The minimum absolute atomic E-state index is 0.0276. The summed E-state index contributed by atoms with van der Waals surface area (Å²) in [6.07, 6.45) is 0. The number of nitrogens with zero attached hydrogens (tertiary/aromatic N) is 1. The molecular formula is C14H17NO5. The summed E-state index contributed by atoms with van der Waals surface area (Å²) in [5.74, 6) is -0.774. The molecule has 1 saturated heterocycles. The first-order valence-electron chi connectivity index (χ1n) is 6.41. The molecule has 0 aliphatic carbocycles. The van der Waals surface area contributed by atoms with Crippen LogP contribution in [0.1, 0.15) is 17.3 Å². The third kappa shape index (κ3) is 3.48. The Hall–Kier alpha value is -2.08. The largest absolute Gasteiger partial charge is 0.482 e. The Morgan fingerprint density at radius 1 is 1.50 bits per heavy atom. The summed E-state index contributed by atoms with van der Waals surface area (Å²) in [4.78, 5) is 24.6. The van der Waals surface area contributed by atoms with Gasteiger partial charge < -0.3 is 19.5 Å². The highest BCUT2D eigenvalue weighted by molar-refractivity contribution is 5.94. The van der Waals surface area contributed by atoms with Crippen LogP contribution in [0.5, 0.6) is 5.75 Å². The predicted molar refractivity (Wildman–Crippen MR) is 70.9 cm³/mol. The van der Waals surface area contributed by atoms with Crippen LogP contribution in [0.4, 0.5) is 0 Å². The third-order valence-corrected chi connectivity index (χ3v) is 3.07. The maximum absolute atomic E-state index is 12.4. The molecule has 6 nitrogen and oxygen atoms in total. The normalized spacial score (nSPS) is 18.6. The van der Waals surface area contributed by atoms with Crippen LogP contribution >= 0.6 is 0 Å². The van der Waals surface area contributed by atoms with Gasteiger partial charge in [0.1, 0.15) is 5.75 Å². The molecular weight excluding hydrogens is 262 g/mol. The molecule has 1 aliphatic rings. The summed E-state index contributed by atoms with van der Waals surface area (Å²) in [6.45, 7) is 3.12. The molecule has 1 unspecified atom stereocenters. The van der Waals surface area contributed by atoms with E-state index < -0.39 is 12.6 Å². The number of amides is 1. The highest BCUT2D eigenvalue weighted by Gasteiger charge is 2.24. The van der Waals surface area contributed by atoms with Crippen LogP contribution in [0, 0.1) is 0 Å². The van der Waals surface area contributed by atoms with Gasteiger partial charge in [-0.2, -0.15) is 0 Å². The first kappa shape index (κ1) is 14.3. The summed E-state index contributed by atoms with van der Waals surface area (Å²) in [6, 6.07) is 6.59. The number of carboxylic acids is 1. The zero-order valence-corrected chi connectivity index (χ0v) is 11.2.